The van der Waals surface area contributed by atoms with E-state index < -0.39 is 59.4 Å². The van der Waals surface area contributed by atoms with Crippen LogP contribution in [0.2, 0.25) is 0 Å². The lowest BCUT2D eigenvalue weighted by atomic mass is 9.92. The molecule has 0 radical (unpaired) electrons. The molecule has 0 amide bonds. The summed E-state index contributed by atoms with van der Waals surface area (Å²) in [6.07, 6.45) is -10.4. The summed E-state index contributed by atoms with van der Waals surface area (Å²) in [5.74, 6) is 0.140. The van der Waals surface area contributed by atoms with Gasteiger partial charge < -0.3 is 29.9 Å². The average molecular weight is 434 g/mol. The van der Waals surface area contributed by atoms with Crippen LogP contribution in [0.25, 0.3) is 0 Å². The van der Waals surface area contributed by atoms with Gasteiger partial charge in [-0.3, -0.25) is 4.55 Å². The number of aliphatic hydroxyl groups is 4. The quantitative estimate of drug-likeness (QED) is 0.370. The zero-order valence-corrected chi connectivity index (χ0v) is 16.5. The Labute approximate surface area is 168 Å². The lowest BCUT2D eigenvalue weighted by molar-refractivity contribution is -0.319. The van der Waals surface area contributed by atoms with Crippen LogP contribution in [-0.4, -0.2) is 76.3 Å². The fourth-order valence-corrected chi connectivity index (χ4v) is 4.33. The van der Waals surface area contributed by atoms with E-state index in [0.29, 0.717) is 18.4 Å². The Morgan fingerprint density at radius 2 is 1.76 bits per heavy atom. The summed E-state index contributed by atoms with van der Waals surface area (Å²) < 4.78 is 47.2. The Hall–Kier alpha value is -1.15. The van der Waals surface area contributed by atoms with Crippen LogP contribution in [0.3, 0.4) is 0 Å². The summed E-state index contributed by atoms with van der Waals surface area (Å²) in [7, 11) is -5.02. The van der Waals surface area contributed by atoms with E-state index in [-0.39, 0.29) is 5.92 Å². The minimum absolute atomic E-state index is 0.140. The van der Waals surface area contributed by atoms with Crippen molar-refractivity contribution in [1.82, 2.24) is 0 Å². The summed E-state index contributed by atoms with van der Waals surface area (Å²) in [5, 5.41) is 41.6. The van der Waals surface area contributed by atoms with Crippen molar-refractivity contribution < 1.29 is 47.1 Å². The predicted octanol–water partition coefficient (Wildman–Crippen LogP) is -0.469. The van der Waals surface area contributed by atoms with Gasteiger partial charge in [0.2, 0.25) is 0 Å². The molecule has 1 aromatic rings. The first kappa shape index (κ1) is 22.5. The molecule has 9 unspecified atom stereocenters. The third kappa shape index (κ3) is 5.32. The predicted molar refractivity (Wildman–Crippen MR) is 97.8 cm³/mol. The van der Waals surface area contributed by atoms with E-state index in [1.165, 1.54) is 0 Å². The van der Waals surface area contributed by atoms with Gasteiger partial charge in [0.05, 0.1) is 12.2 Å². The van der Waals surface area contributed by atoms with E-state index in [2.05, 4.69) is 4.18 Å². The van der Waals surface area contributed by atoms with Gasteiger partial charge in [-0.05, 0) is 24.3 Å². The number of benzene rings is 1. The van der Waals surface area contributed by atoms with Gasteiger partial charge in [0.15, 0.2) is 12.4 Å². The van der Waals surface area contributed by atoms with Crippen molar-refractivity contribution in [3.05, 3.63) is 35.9 Å². The molecule has 0 spiro atoms. The van der Waals surface area contributed by atoms with Gasteiger partial charge in [0, 0.05) is 0 Å². The average Bonchev–Trinajstić information content (AvgIpc) is 2.97. The van der Waals surface area contributed by atoms with Crippen molar-refractivity contribution in [3.63, 3.8) is 0 Å². The third-order valence-corrected chi connectivity index (χ3v) is 5.75. The lowest BCUT2D eigenvalue weighted by Crippen LogP contribution is -2.61. The summed E-state index contributed by atoms with van der Waals surface area (Å²) in [5.41, 5.74) is 0.395. The van der Waals surface area contributed by atoms with Crippen LogP contribution in [-0.2, 0) is 24.1 Å². The van der Waals surface area contributed by atoms with Crippen LogP contribution in [0, 0.1) is 5.92 Å². The van der Waals surface area contributed by atoms with Gasteiger partial charge in [-0.25, -0.2) is 4.18 Å². The molecule has 1 aliphatic carbocycles. The van der Waals surface area contributed by atoms with E-state index in [0.717, 1.165) is 0 Å². The molecule has 29 heavy (non-hydrogen) atoms. The molecule has 164 valence electrons. The van der Waals surface area contributed by atoms with Crippen molar-refractivity contribution in [2.45, 2.75) is 68.8 Å². The second-order valence-corrected chi connectivity index (χ2v) is 8.66. The molecule has 1 saturated heterocycles. The smallest absolute Gasteiger partial charge is 0.390 e. The van der Waals surface area contributed by atoms with Crippen LogP contribution < -0.4 is 0 Å². The molecule has 2 fully saturated rings. The SMILES string of the molecule is CC1CC(O)C(OC2OC(C(O)c3ccccc3)C(O)C(O)C2OS(=O)(=O)O)C1. The molecule has 1 aliphatic heterocycles. The van der Waals surface area contributed by atoms with E-state index in [1.807, 2.05) is 6.92 Å². The Morgan fingerprint density at radius 1 is 1.10 bits per heavy atom. The molecule has 0 aromatic heterocycles. The molecule has 5 N–H and O–H groups in total. The monoisotopic (exact) mass is 434 g/mol. The van der Waals surface area contributed by atoms with Crippen molar-refractivity contribution in [2.24, 2.45) is 5.92 Å². The van der Waals surface area contributed by atoms with Crippen molar-refractivity contribution in [2.75, 3.05) is 0 Å². The number of hydrogen-bond donors (Lipinski definition) is 5. The molecule has 9 atom stereocenters. The van der Waals surface area contributed by atoms with Gasteiger partial charge in [0.25, 0.3) is 0 Å². The van der Waals surface area contributed by atoms with E-state index in [9.17, 15) is 28.8 Å². The van der Waals surface area contributed by atoms with Crippen molar-refractivity contribution in [1.29, 1.82) is 0 Å². The number of hydrogen-bond acceptors (Lipinski definition) is 9. The van der Waals surface area contributed by atoms with Crippen LogP contribution in [0.4, 0.5) is 0 Å². The zero-order chi connectivity index (χ0) is 21.3. The Kier molecular flexibility index (Phi) is 6.93. The largest absolute Gasteiger partial charge is 0.397 e. The van der Waals surface area contributed by atoms with E-state index >= 15 is 0 Å². The maximum Gasteiger partial charge on any atom is 0.397 e. The summed E-state index contributed by atoms with van der Waals surface area (Å²) in [6.45, 7) is 1.90. The van der Waals surface area contributed by atoms with Crippen molar-refractivity contribution in [3.8, 4) is 0 Å². The molecule has 1 aromatic carbocycles. The van der Waals surface area contributed by atoms with Gasteiger partial charge in [0.1, 0.15) is 24.4 Å². The topological polar surface area (TPSA) is 163 Å². The molecule has 3 rings (SSSR count). The van der Waals surface area contributed by atoms with E-state index in [4.69, 9.17) is 14.0 Å². The van der Waals surface area contributed by atoms with Gasteiger partial charge in [-0.1, -0.05) is 37.3 Å². The zero-order valence-electron chi connectivity index (χ0n) is 15.7. The number of rotatable bonds is 6. The Bertz CT molecular complexity index is 772. The van der Waals surface area contributed by atoms with Gasteiger partial charge >= 0.3 is 10.4 Å². The second-order valence-electron chi connectivity index (χ2n) is 7.61. The summed E-state index contributed by atoms with van der Waals surface area (Å²) in [4.78, 5) is 0. The Morgan fingerprint density at radius 3 is 2.31 bits per heavy atom. The maximum absolute atomic E-state index is 11.2. The normalized spacial score (nSPS) is 39.4. The highest BCUT2D eigenvalue weighted by molar-refractivity contribution is 7.80. The summed E-state index contributed by atoms with van der Waals surface area (Å²) >= 11 is 0. The molecule has 0 bridgehead atoms. The summed E-state index contributed by atoms with van der Waals surface area (Å²) in [6, 6.07) is 8.24. The number of aliphatic hydroxyl groups excluding tert-OH is 4. The fourth-order valence-electron chi connectivity index (χ4n) is 3.85. The molecule has 2 aliphatic rings. The first-order valence-corrected chi connectivity index (χ1v) is 10.7. The van der Waals surface area contributed by atoms with Crippen LogP contribution in [0.1, 0.15) is 31.4 Å². The third-order valence-electron chi connectivity index (χ3n) is 5.28. The first-order chi connectivity index (χ1) is 13.6. The van der Waals surface area contributed by atoms with Crippen LogP contribution in [0.15, 0.2) is 30.3 Å². The second kappa shape index (κ2) is 8.92. The first-order valence-electron chi connectivity index (χ1n) is 9.30. The Balaban J connectivity index is 1.85. The highest BCUT2D eigenvalue weighted by Gasteiger charge is 2.51. The molecule has 11 heteroatoms. The highest BCUT2D eigenvalue weighted by atomic mass is 32.3. The minimum Gasteiger partial charge on any atom is -0.390 e. The number of ether oxygens (including phenoxy) is 2. The molecule has 1 saturated carbocycles. The van der Waals surface area contributed by atoms with E-state index in [1.54, 1.807) is 30.3 Å². The minimum atomic E-state index is -5.02. The molecule has 1 heterocycles. The fraction of sp³-hybridized carbons (Fsp3) is 0.667. The molecule has 10 nitrogen and oxygen atoms in total. The van der Waals surface area contributed by atoms with Crippen LogP contribution >= 0.6 is 0 Å². The maximum atomic E-state index is 11.2. The van der Waals surface area contributed by atoms with Gasteiger partial charge in [-0.15, -0.1) is 0 Å². The lowest BCUT2D eigenvalue weighted by Gasteiger charge is -2.43. The highest BCUT2D eigenvalue weighted by Crippen LogP contribution is 2.35. The standard InChI is InChI=1S/C18H26O10S/c1-9-7-11(19)12(8-9)26-18-17(28-29(23,24)25)15(22)14(21)16(27-18)13(20)10-5-3-2-4-6-10/h2-6,9,11-22H,7-8H2,1H3,(H,23,24,25). The molecular formula is C18H26O10S. The molecular weight excluding hydrogens is 408 g/mol. The van der Waals surface area contributed by atoms with Crippen LogP contribution in [0.5, 0.6) is 0 Å². The van der Waals surface area contributed by atoms with Crippen molar-refractivity contribution >= 4 is 10.4 Å². The van der Waals surface area contributed by atoms with Gasteiger partial charge in [-0.2, -0.15) is 8.42 Å².